The molecule has 1 aromatic heterocycles. The van der Waals surface area contributed by atoms with Crippen LogP contribution in [-0.4, -0.2) is 28.2 Å². The average molecular weight is 447 g/mol. The van der Waals surface area contributed by atoms with Gasteiger partial charge in [-0.3, -0.25) is 4.79 Å². The Morgan fingerprint density at radius 1 is 1.10 bits per heavy atom. The summed E-state index contributed by atoms with van der Waals surface area (Å²) in [5.41, 5.74) is 1.01. The molecule has 2 aromatic carbocycles. The number of halogens is 3. The minimum atomic E-state index is -4.63. The molecule has 0 unspecified atom stereocenters. The monoisotopic (exact) mass is 447 g/mol. The molecule has 0 aliphatic heterocycles. The summed E-state index contributed by atoms with van der Waals surface area (Å²) in [6.07, 6.45) is -4.63. The van der Waals surface area contributed by atoms with E-state index in [4.69, 9.17) is 4.74 Å². The molecule has 1 N–H and O–H groups in total. The number of hydrogen-bond donors (Lipinski definition) is 1. The van der Waals surface area contributed by atoms with E-state index in [0.717, 1.165) is 23.4 Å². The van der Waals surface area contributed by atoms with E-state index in [9.17, 15) is 18.0 Å². The fraction of sp³-hybridized carbons (Fsp3) is 0.227. The summed E-state index contributed by atoms with van der Waals surface area (Å²) in [6.45, 7) is 3.41. The molecule has 1 atom stereocenters. The highest BCUT2D eigenvalue weighted by molar-refractivity contribution is 8.00. The number of alkyl halides is 3. The van der Waals surface area contributed by atoms with Gasteiger partial charge in [0.2, 0.25) is 5.91 Å². The molecule has 0 bridgehead atoms. The Morgan fingerprint density at radius 2 is 1.81 bits per heavy atom. The number of rotatable bonds is 6. The molecule has 31 heavy (non-hydrogen) atoms. The smallest absolute Gasteiger partial charge is 0.433 e. The highest BCUT2D eigenvalue weighted by Gasteiger charge is 2.34. The van der Waals surface area contributed by atoms with E-state index in [2.05, 4.69) is 15.3 Å². The van der Waals surface area contributed by atoms with E-state index < -0.39 is 17.1 Å². The van der Waals surface area contributed by atoms with Crippen molar-refractivity contribution < 1.29 is 22.7 Å². The number of carbonyl (C=O) groups excluding carboxylic acids is 1. The van der Waals surface area contributed by atoms with Crippen LogP contribution in [0.2, 0.25) is 0 Å². The van der Waals surface area contributed by atoms with Crippen molar-refractivity contribution in [2.45, 2.75) is 30.4 Å². The van der Waals surface area contributed by atoms with Crippen LogP contribution in [0.4, 0.5) is 18.9 Å². The van der Waals surface area contributed by atoms with Crippen LogP contribution in [0.25, 0.3) is 11.3 Å². The number of carbonyl (C=O) groups is 1. The summed E-state index contributed by atoms with van der Waals surface area (Å²) >= 11 is 0.865. The number of benzene rings is 2. The Labute approximate surface area is 182 Å². The molecule has 0 aliphatic carbocycles. The number of aromatic nitrogens is 2. The molecule has 0 radical (unpaired) electrons. The molecule has 162 valence electrons. The fourth-order valence-electron chi connectivity index (χ4n) is 2.73. The fourth-order valence-corrected chi connectivity index (χ4v) is 3.51. The molecule has 1 heterocycles. The molecule has 1 amide bonds. The number of amides is 1. The first-order valence-electron chi connectivity index (χ1n) is 9.31. The molecular formula is C22H20F3N3O2S. The lowest BCUT2D eigenvalue weighted by Crippen LogP contribution is -2.23. The lowest BCUT2D eigenvalue weighted by atomic mass is 10.1. The van der Waals surface area contributed by atoms with Crippen molar-refractivity contribution in [1.82, 2.24) is 9.97 Å². The predicted molar refractivity (Wildman–Crippen MR) is 114 cm³/mol. The molecule has 0 aliphatic rings. The molecule has 3 aromatic rings. The number of hydrogen-bond acceptors (Lipinski definition) is 5. The van der Waals surface area contributed by atoms with Gasteiger partial charge in [0.15, 0.2) is 5.16 Å². The Kier molecular flexibility index (Phi) is 6.84. The number of nitrogens with one attached hydrogen (secondary N) is 1. The molecule has 0 spiro atoms. The van der Waals surface area contributed by atoms with Crippen LogP contribution < -0.4 is 10.1 Å². The maximum absolute atomic E-state index is 13.4. The van der Waals surface area contributed by atoms with Crippen molar-refractivity contribution in [3.05, 3.63) is 65.9 Å². The molecular weight excluding hydrogens is 427 g/mol. The maximum atomic E-state index is 13.4. The summed E-state index contributed by atoms with van der Waals surface area (Å²) in [6, 6.07) is 14.6. The van der Waals surface area contributed by atoms with Crippen molar-refractivity contribution >= 4 is 23.4 Å². The third-order valence-corrected chi connectivity index (χ3v) is 5.37. The molecule has 5 nitrogen and oxygen atoms in total. The van der Waals surface area contributed by atoms with Crippen molar-refractivity contribution in [3.8, 4) is 17.0 Å². The largest absolute Gasteiger partial charge is 0.497 e. The Morgan fingerprint density at radius 3 is 2.42 bits per heavy atom. The minimum absolute atomic E-state index is 0.122. The van der Waals surface area contributed by atoms with E-state index in [1.165, 1.54) is 0 Å². The zero-order valence-electron chi connectivity index (χ0n) is 17.0. The van der Waals surface area contributed by atoms with Crippen LogP contribution in [0.5, 0.6) is 5.75 Å². The number of ether oxygens (including phenoxy) is 1. The standard InChI is InChI=1S/C22H20F3N3O2S/c1-13-11-16(30-3)9-10-17(13)26-20(29)14(2)31-21-27-18(15-7-5-4-6-8-15)12-19(28-21)22(23,24)25/h4-12,14H,1-3H3,(H,26,29)/t14-/m1/s1. The van der Waals surface area contributed by atoms with E-state index in [0.29, 0.717) is 17.0 Å². The molecule has 0 saturated heterocycles. The third-order valence-electron chi connectivity index (χ3n) is 4.41. The topological polar surface area (TPSA) is 64.1 Å². The number of anilines is 1. The summed E-state index contributed by atoms with van der Waals surface area (Å²) in [5, 5.41) is 1.93. The van der Waals surface area contributed by atoms with Crippen LogP contribution >= 0.6 is 11.8 Å². The number of thioether (sulfide) groups is 1. The first kappa shape index (κ1) is 22.6. The van der Waals surface area contributed by atoms with E-state index in [1.54, 1.807) is 62.6 Å². The zero-order chi connectivity index (χ0) is 22.6. The van der Waals surface area contributed by atoms with Crippen molar-refractivity contribution in [3.63, 3.8) is 0 Å². The first-order chi connectivity index (χ1) is 14.7. The van der Waals surface area contributed by atoms with Gasteiger partial charge < -0.3 is 10.1 Å². The highest BCUT2D eigenvalue weighted by atomic mass is 32.2. The van der Waals surface area contributed by atoms with Gasteiger partial charge in [-0.05, 0) is 43.7 Å². The number of aryl methyl sites for hydroxylation is 1. The summed E-state index contributed by atoms with van der Waals surface area (Å²) in [7, 11) is 1.55. The van der Waals surface area contributed by atoms with Gasteiger partial charge in [0.05, 0.1) is 18.1 Å². The second-order valence-electron chi connectivity index (χ2n) is 6.71. The van der Waals surface area contributed by atoms with E-state index >= 15 is 0 Å². The molecule has 3 rings (SSSR count). The Hall–Kier alpha value is -3.07. The van der Waals surface area contributed by atoms with Crippen molar-refractivity contribution in [1.29, 1.82) is 0 Å². The second kappa shape index (κ2) is 9.38. The Balaban J connectivity index is 1.83. The van der Waals surface area contributed by atoms with Gasteiger partial charge in [0.1, 0.15) is 11.4 Å². The summed E-state index contributed by atoms with van der Waals surface area (Å²) in [4.78, 5) is 20.5. The van der Waals surface area contributed by atoms with Crippen molar-refractivity contribution in [2.75, 3.05) is 12.4 Å². The average Bonchev–Trinajstić information content (AvgIpc) is 2.74. The van der Waals surface area contributed by atoms with Crippen LogP contribution in [0.1, 0.15) is 18.2 Å². The van der Waals surface area contributed by atoms with Crippen LogP contribution in [0, 0.1) is 6.92 Å². The summed E-state index contributed by atoms with van der Waals surface area (Å²) in [5.74, 6) is 0.282. The van der Waals surface area contributed by atoms with Gasteiger partial charge in [0, 0.05) is 11.3 Å². The van der Waals surface area contributed by atoms with Gasteiger partial charge in [-0.1, -0.05) is 42.1 Å². The number of methoxy groups -OCH3 is 1. The van der Waals surface area contributed by atoms with Crippen LogP contribution in [0.3, 0.4) is 0 Å². The lowest BCUT2D eigenvalue weighted by molar-refractivity contribution is -0.141. The van der Waals surface area contributed by atoms with Gasteiger partial charge in [-0.15, -0.1) is 0 Å². The van der Waals surface area contributed by atoms with Gasteiger partial charge in [0.25, 0.3) is 0 Å². The Bertz CT molecular complexity index is 1080. The summed E-state index contributed by atoms with van der Waals surface area (Å²) < 4.78 is 45.2. The lowest BCUT2D eigenvalue weighted by Gasteiger charge is -2.15. The number of nitrogens with zero attached hydrogens (tertiary/aromatic N) is 2. The normalized spacial score (nSPS) is 12.3. The van der Waals surface area contributed by atoms with Crippen LogP contribution in [-0.2, 0) is 11.0 Å². The zero-order valence-corrected chi connectivity index (χ0v) is 17.8. The van der Waals surface area contributed by atoms with E-state index in [-0.39, 0.29) is 16.8 Å². The maximum Gasteiger partial charge on any atom is 0.433 e. The van der Waals surface area contributed by atoms with Gasteiger partial charge >= 0.3 is 6.18 Å². The molecule has 0 saturated carbocycles. The van der Waals surface area contributed by atoms with E-state index in [1.807, 2.05) is 6.92 Å². The first-order valence-corrected chi connectivity index (χ1v) is 10.2. The quantitative estimate of drug-likeness (QED) is 0.394. The van der Waals surface area contributed by atoms with Crippen molar-refractivity contribution in [2.24, 2.45) is 0 Å². The SMILES string of the molecule is COc1ccc(NC(=O)[C@@H](C)Sc2nc(-c3ccccc3)cc(C(F)(F)F)n2)c(C)c1. The minimum Gasteiger partial charge on any atom is -0.497 e. The van der Waals surface area contributed by atoms with Gasteiger partial charge in [-0.2, -0.15) is 13.2 Å². The van der Waals surface area contributed by atoms with Gasteiger partial charge in [-0.25, -0.2) is 9.97 Å². The molecule has 0 fully saturated rings. The third kappa shape index (κ3) is 5.75. The van der Waals surface area contributed by atoms with Crippen LogP contribution in [0.15, 0.2) is 59.8 Å². The highest BCUT2D eigenvalue weighted by Crippen LogP contribution is 2.33. The predicted octanol–water partition coefficient (Wildman–Crippen LogP) is 5.60. The second-order valence-corrected chi connectivity index (χ2v) is 8.02. The molecule has 9 heteroatoms.